The van der Waals surface area contributed by atoms with Gasteiger partial charge in [0.1, 0.15) is 6.04 Å². The molecule has 0 aliphatic carbocycles. The minimum absolute atomic E-state index is 0.0286. The van der Waals surface area contributed by atoms with Gasteiger partial charge in [0.25, 0.3) is 0 Å². The number of carbonyl (C=O) groups excluding carboxylic acids is 1. The molecule has 2 rings (SSSR count). The van der Waals surface area contributed by atoms with Crippen molar-refractivity contribution < 1.29 is 24.6 Å². The van der Waals surface area contributed by atoms with E-state index in [0.717, 1.165) is 16.5 Å². The van der Waals surface area contributed by atoms with Gasteiger partial charge in [0, 0.05) is 23.5 Å². The van der Waals surface area contributed by atoms with Crippen LogP contribution in [0.15, 0.2) is 30.5 Å². The van der Waals surface area contributed by atoms with Gasteiger partial charge < -0.3 is 20.5 Å². The van der Waals surface area contributed by atoms with Crippen LogP contribution in [-0.4, -0.2) is 39.1 Å². The smallest absolute Gasteiger partial charge is 0.326 e. The van der Waals surface area contributed by atoms with E-state index in [1.807, 2.05) is 24.3 Å². The maximum absolute atomic E-state index is 12.0. The second-order valence-electron chi connectivity index (χ2n) is 4.93. The van der Waals surface area contributed by atoms with Crippen molar-refractivity contribution in [2.75, 3.05) is 0 Å². The molecule has 2 aromatic rings. The summed E-state index contributed by atoms with van der Waals surface area (Å²) in [5.74, 6) is -2.80. The van der Waals surface area contributed by atoms with Gasteiger partial charge in [0.05, 0.1) is 6.42 Å². The first-order valence-electron chi connectivity index (χ1n) is 6.76. The van der Waals surface area contributed by atoms with E-state index in [4.69, 9.17) is 10.2 Å². The summed E-state index contributed by atoms with van der Waals surface area (Å²) in [5, 5.41) is 20.9. The lowest BCUT2D eigenvalue weighted by Gasteiger charge is -2.13. The Hall–Kier alpha value is -2.83. The number of carboxylic acid groups (broad SMARTS) is 2. The topological polar surface area (TPSA) is 119 Å². The van der Waals surface area contributed by atoms with Crippen molar-refractivity contribution in [3.63, 3.8) is 0 Å². The van der Waals surface area contributed by atoms with Crippen LogP contribution < -0.4 is 5.32 Å². The minimum Gasteiger partial charge on any atom is -0.481 e. The number of carboxylic acids is 2. The van der Waals surface area contributed by atoms with Crippen LogP contribution in [0.2, 0.25) is 0 Å². The Morgan fingerprint density at radius 3 is 2.59 bits per heavy atom. The number of fused-ring (bicyclic) bond motifs is 1. The molecule has 4 N–H and O–H groups in total. The molecule has 0 spiro atoms. The average molecular weight is 304 g/mol. The molecule has 0 aliphatic rings. The van der Waals surface area contributed by atoms with E-state index in [1.165, 1.54) is 0 Å². The van der Waals surface area contributed by atoms with E-state index in [-0.39, 0.29) is 19.3 Å². The zero-order chi connectivity index (χ0) is 16.1. The van der Waals surface area contributed by atoms with E-state index in [2.05, 4.69) is 10.3 Å². The lowest BCUT2D eigenvalue weighted by molar-refractivity contribution is -0.143. The van der Waals surface area contributed by atoms with Gasteiger partial charge in [-0.05, 0) is 18.1 Å². The Kier molecular flexibility index (Phi) is 4.77. The van der Waals surface area contributed by atoms with Crippen molar-refractivity contribution in [3.8, 4) is 0 Å². The standard InChI is InChI=1S/C15H16N2O5/c18-13(17-12(15(21)22)5-6-14(19)20)7-9-8-16-11-4-2-1-3-10(9)11/h1-4,8,12,16H,5-7H2,(H,17,18)(H,19,20)(H,21,22). The normalized spacial score (nSPS) is 12.0. The molecule has 0 bridgehead atoms. The quantitative estimate of drug-likeness (QED) is 0.611. The zero-order valence-corrected chi connectivity index (χ0v) is 11.7. The molecule has 1 unspecified atom stereocenters. The van der Waals surface area contributed by atoms with Gasteiger partial charge in [-0.1, -0.05) is 18.2 Å². The maximum atomic E-state index is 12.0. The third kappa shape index (κ3) is 3.85. The number of H-pyrrole nitrogens is 1. The number of aromatic amines is 1. The van der Waals surface area contributed by atoms with Gasteiger partial charge in [0.15, 0.2) is 0 Å². The molecule has 1 atom stereocenters. The van der Waals surface area contributed by atoms with Gasteiger partial charge in [-0.2, -0.15) is 0 Å². The van der Waals surface area contributed by atoms with Crippen molar-refractivity contribution >= 4 is 28.7 Å². The van der Waals surface area contributed by atoms with Crippen LogP contribution in [0.1, 0.15) is 18.4 Å². The van der Waals surface area contributed by atoms with E-state index in [1.54, 1.807) is 6.20 Å². The largest absolute Gasteiger partial charge is 0.481 e. The van der Waals surface area contributed by atoms with Crippen LogP contribution >= 0.6 is 0 Å². The van der Waals surface area contributed by atoms with E-state index in [0.29, 0.717) is 0 Å². The van der Waals surface area contributed by atoms with Crippen LogP contribution in [-0.2, 0) is 20.8 Å². The minimum atomic E-state index is -1.24. The van der Waals surface area contributed by atoms with Gasteiger partial charge in [-0.15, -0.1) is 0 Å². The first-order valence-corrected chi connectivity index (χ1v) is 6.76. The maximum Gasteiger partial charge on any atom is 0.326 e. The molecule has 1 amide bonds. The first kappa shape index (κ1) is 15.6. The number of hydrogen-bond donors (Lipinski definition) is 4. The van der Waals surface area contributed by atoms with E-state index < -0.39 is 23.9 Å². The Balaban J connectivity index is 2.01. The highest BCUT2D eigenvalue weighted by molar-refractivity contribution is 5.90. The molecule has 0 radical (unpaired) electrons. The third-order valence-electron chi connectivity index (χ3n) is 3.31. The summed E-state index contributed by atoms with van der Waals surface area (Å²) < 4.78 is 0. The van der Waals surface area contributed by atoms with Crippen LogP contribution in [0.4, 0.5) is 0 Å². The molecule has 0 saturated heterocycles. The Bertz CT molecular complexity index is 707. The predicted molar refractivity (Wildman–Crippen MR) is 78.4 cm³/mol. The molecular formula is C15H16N2O5. The van der Waals surface area contributed by atoms with Gasteiger partial charge >= 0.3 is 11.9 Å². The highest BCUT2D eigenvalue weighted by Gasteiger charge is 2.21. The summed E-state index contributed by atoms with van der Waals surface area (Å²) in [5.41, 5.74) is 1.65. The van der Waals surface area contributed by atoms with Crippen LogP contribution in [0.25, 0.3) is 10.9 Å². The molecule has 0 aliphatic heterocycles. The fourth-order valence-electron chi connectivity index (χ4n) is 2.22. The Morgan fingerprint density at radius 1 is 1.18 bits per heavy atom. The molecule has 7 heteroatoms. The second-order valence-corrected chi connectivity index (χ2v) is 4.93. The van der Waals surface area contributed by atoms with Gasteiger partial charge in [0.2, 0.25) is 5.91 Å². The fraction of sp³-hybridized carbons (Fsp3) is 0.267. The van der Waals surface area contributed by atoms with Crippen molar-refractivity contribution in [2.24, 2.45) is 0 Å². The molecule has 0 fully saturated rings. The van der Waals surface area contributed by atoms with E-state index in [9.17, 15) is 14.4 Å². The summed E-state index contributed by atoms with van der Waals surface area (Å²) in [4.78, 5) is 36.6. The fourth-order valence-corrected chi connectivity index (χ4v) is 2.22. The predicted octanol–water partition coefficient (Wildman–Crippen LogP) is 1.14. The molecule has 22 heavy (non-hydrogen) atoms. The lowest BCUT2D eigenvalue weighted by Crippen LogP contribution is -2.41. The highest BCUT2D eigenvalue weighted by atomic mass is 16.4. The Labute approximate surface area is 125 Å². The molecule has 1 aromatic heterocycles. The third-order valence-corrected chi connectivity index (χ3v) is 3.31. The van der Waals surface area contributed by atoms with Crippen molar-refractivity contribution in [2.45, 2.75) is 25.3 Å². The number of hydrogen-bond acceptors (Lipinski definition) is 3. The number of amides is 1. The summed E-state index contributed by atoms with van der Waals surface area (Å²) in [6.07, 6.45) is 1.27. The van der Waals surface area contributed by atoms with Crippen LogP contribution in [0.5, 0.6) is 0 Å². The first-order chi connectivity index (χ1) is 10.5. The second kappa shape index (κ2) is 6.75. The number of carbonyl (C=O) groups is 3. The summed E-state index contributed by atoms with van der Waals surface area (Å²) >= 11 is 0. The summed E-state index contributed by atoms with van der Waals surface area (Å²) in [6.45, 7) is 0. The Morgan fingerprint density at radius 2 is 1.91 bits per heavy atom. The zero-order valence-electron chi connectivity index (χ0n) is 11.7. The monoisotopic (exact) mass is 304 g/mol. The van der Waals surface area contributed by atoms with Crippen molar-refractivity contribution in [1.82, 2.24) is 10.3 Å². The van der Waals surface area contributed by atoms with Gasteiger partial charge in [-0.3, -0.25) is 9.59 Å². The molecule has 0 saturated carbocycles. The number of benzene rings is 1. The number of nitrogens with one attached hydrogen (secondary N) is 2. The molecule has 116 valence electrons. The molecular weight excluding hydrogens is 288 g/mol. The number of aromatic nitrogens is 1. The average Bonchev–Trinajstić information content (AvgIpc) is 2.86. The van der Waals surface area contributed by atoms with E-state index >= 15 is 0 Å². The number of rotatable bonds is 7. The van der Waals surface area contributed by atoms with Crippen LogP contribution in [0.3, 0.4) is 0 Å². The number of para-hydroxylation sites is 1. The van der Waals surface area contributed by atoms with Crippen molar-refractivity contribution in [3.05, 3.63) is 36.0 Å². The van der Waals surface area contributed by atoms with Gasteiger partial charge in [-0.25, -0.2) is 4.79 Å². The van der Waals surface area contributed by atoms with Crippen molar-refractivity contribution in [1.29, 1.82) is 0 Å². The highest BCUT2D eigenvalue weighted by Crippen LogP contribution is 2.18. The molecule has 1 heterocycles. The summed E-state index contributed by atoms with van der Waals surface area (Å²) in [6, 6.07) is 6.27. The number of aliphatic carboxylic acids is 2. The molecule has 7 nitrogen and oxygen atoms in total. The summed E-state index contributed by atoms with van der Waals surface area (Å²) in [7, 11) is 0. The SMILES string of the molecule is O=C(O)CCC(NC(=O)Cc1c[nH]c2ccccc12)C(=O)O. The molecule has 1 aromatic carbocycles. The lowest BCUT2D eigenvalue weighted by atomic mass is 10.1. The van der Waals surface area contributed by atoms with Crippen LogP contribution in [0, 0.1) is 0 Å².